The van der Waals surface area contributed by atoms with Gasteiger partial charge in [0, 0.05) is 44.5 Å². The van der Waals surface area contributed by atoms with Crippen molar-refractivity contribution in [2.24, 2.45) is 11.3 Å². The van der Waals surface area contributed by atoms with Crippen molar-refractivity contribution in [3.05, 3.63) is 30.1 Å². The summed E-state index contributed by atoms with van der Waals surface area (Å²) in [5, 5.41) is 0. The van der Waals surface area contributed by atoms with Crippen LogP contribution in [0.5, 0.6) is 0 Å². The Labute approximate surface area is 144 Å². The minimum atomic E-state index is 0.206. The van der Waals surface area contributed by atoms with Gasteiger partial charge in [-0.25, -0.2) is 0 Å². The number of hydrogen-bond donors (Lipinski definition) is 0. The van der Waals surface area contributed by atoms with E-state index in [2.05, 4.69) is 16.0 Å². The molecule has 2 saturated heterocycles. The van der Waals surface area contributed by atoms with Crippen LogP contribution in [0.4, 0.5) is 0 Å². The van der Waals surface area contributed by atoms with Gasteiger partial charge in [-0.1, -0.05) is 12.5 Å². The van der Waals surface area contributed by atoms with Crippen LogP contribution in [0.3, 0.4) is 0 Å². The Bertz CT molecular complexity index is 573. The van der Waals surface area contributed by atoms with E-state index in [1.165, 1.54) is 18.4 Å². The van der Waals surface area contributed by atoms with Gasteiger partial charge in [-0.05, 0) is 42.9 Å². The fraction of sp³-hybridized carbons (Fsp3) is 0.684. The zero-order chi connectivity index (χ0) is 16.4. The zero-order valence-corrected chi connectivity index (χ0v) is 14.3. The standard InChI is InChI=1S/C19H27N3O2/c23-18(22-9-11-24-12-10-22)17-4-1-5-19(17)6-8-21(15-19)14-16-3-2-7-20-13-16/h2-3,7,13,17H,1,4-6,8-12,14-15H2/t17-,19-/m0/s1. The van der Waals surface area contributed by atoms with E-state index in [4.69, 9.17) is 4.74 Å². The minimum absolute atomic E-state index is 0.206. The van der Waals surface area contributed by atoms with Crippen molar-refractivity contribution in [3.63, 3.8) is 0 Å². The Morgan fingerprint density at radius 1 is 1.29 bits per heavy atom. The zero-order valence-electron chi connectivity index (χ0n) is 14.3. The minimum Gasteiger partial charge on any atom is -0.378 e. The highest BCUT2D eigenvalue weighted by Gasteiger charge is 2.51. The normalized spacial score (nSPS) is 31.0. The number of amides is 1. The first-order valence-electron chi connectivity index (χ1n) is 9.25. The molecule has 4 rings (SSSR count). The molecule has 3 fully saturated rings. The van der Waals surface area contributed by atoms with Crippen molar-refractivity contribution < 1.29 is 9.53 Å². The molecule has 1 aromatic rings. The molecule has 5 heteroatoms. The molecule has 0 bridgehead atoms. The number of nitrogens with zero attached hydrogens (tertiary/aromatic N) is 3. The van der Waals surface area contributed by atoms with E-state index in [-0.39, 0.29) is 11.3 Å². The molecular formula is C19H27N3O2. The Kier molecular flexibility index (Phi) is 4.55. The highest BCUT2D eigenvalue weighted by atomic mass is 16.5. The third-order valence-electron chi connectivity index (χ3n) is 6.12. The van der Waals surface area contributed by atoms with E-state index in [9.17, 15) is 4.79 Å². The molecule has 3 heterocycles. The second-order valence-electron chi connectivity index (χ2n) is 7.57. The molecule has 1 aliphatic carbocycles. The van der Waals surface area contributed by atoms with Gasteiger partial charge in [0.2, 0.25) is 5.91 Å². The van der Waals surface area contributed by atoms with Gasteiger partial charge in [0.05, 0.1) is 13.2 Å². The fourth-order valence-electron chi connectivity index (χ4n) is 4.89. The van der Waals surface area contributed by atoms with Crippen LogP contribution in [0.15, 0.2) is 24.5 Å². The summed E-state index contributed by atoms with van der Waals surface area (Å²) in [5.41, 5.74) is 1.47. The number of aromatic nitrogens is 1. The van der Waals surface area contributed by atoms with Crippen LogP contribution in [0.1, 0.15) is 31.2 Å². The van der Waals surface area contributed by atoms with E-state index >= 15 is 0 Å². The monoisotopic (exact) mass is 329 g/mol. The lowest BCUT2D eigenvalue weighted by Crippen LogP contribution is -2.47. The predicted octanol–water partition coefficient (Wildman–Crippen LogP) is 1.93. The van der Waals surface area contributed by atoms with Crippen LogP contribution in [0.2, 0.25) is 0 Å². The maximum Gasteiger partial charge on any atom is 0.226 e. The molecule has 1 saturated carbocycles. The number of rotatable bonds is 3. The number of carbonyl (C=O) groups is 1. The van der Waals surface area contributed by atoms with Gasteiger partial charge in [0.1, 0.15) is 0 Å². The van der Waals surface area contributed by atoms with Gasteiger partial charge in [0.25, 0.3) is 0 Å². The third kappa shape index (κ3) is 3.07. The summed E-state index contributed by atoms with van der Waals surface area (Å²) in [6, 6.07) is 4.14. The topological polar surface area (TPSA) is 45.7 Å². The van der Waals surface area contributed by atoms with Crippen LogP contribution in [-0.2, 0) is 16.1 Å². The summed E-state index contributed by atoms with van der Waals surface area (Å²) in [4.78, 5) is 21.9. The summed E-state index contributed by atoms with van der Waals surface area (Å²) in [6.45, 7) is 6.03. The second-order valence-corrected chi connectivity index (χ2v) is 7.57. The van der Waals surface area contributed by atoms with Crippen molar-refractivity contribution in [3.8, 4) is 0 Å². The second kappa shape index (κ2) is 6.81. The molecule has 5 nitrogen and oxygen atoms in total. The third-order valence-corrected chi connectivity index (χ3v) is 6.12. The maximum absolute atomic E-state index is 13.1. The molecule has 2 atom stereocenters. The highest BCUT2D eigenvalue weighted by Crippen LogP contribution is 2.50. The molecule has 0 N–H and O–H groups in total. The quantitative estimate of drug-likeness (QED) is 0.850. The van der Waals surface area contributed by atoms with Gasteiger partial charge in [-0.15, -0.1) is 0 Å². The maximum atomic E-state index is 13.1. The molecular weight excluding hydrogens is 302 g/mol. The molecule has 3 aliphatic rings. The molecule has 1 aromatic heterocycles. The smallest absolute Gasteiger partial charge is 0.226 e. The Balaban J connectivity index is 1.43. The lowest BCUT2D eigenvalue weighted by Gasteiger charge is -2.36. The van der Waals surface area contributed by atoms with Crippen LogP contribution in [-0.4, -0.2) is 60.1 Å². The van der Waals surface area contributed by atoms with Crippen LogP contribution >= 0.6 is 0 Å². The first-order chi connectivity index (χ1) is 11.8. The largest absolute Gasteiger partial charge is 0.378 e. The van der Waals surface area contributed by atoms with Gasteiger partial charge in [-0.2, -0.15) is 0 Å². The molecule has 0 aromatic carbocycles. The summed E-state index contributed by atoms with van der Waals surface area (Å²) in [7, 11) is 0. The molecule has 0 radical (unpaired) electrons. The van der Waals surface area contributed by atoms with E-state index < -0.39 is 0 Å². The molecule has 24 heavy (non-hydrogen) atoms. The van der Waals surface area contributed by atoms with Gasteiger partial charge >= 0.3 is 0 Å². The van der Waals surface area contributed by atoms with Crippen molar-refractivity contribution in [2.75, 3.05) is 39.4 Å². The number of carbonyl (C=O) groups excluding carboxylic acids is 1. The van der Waals surface area contributed by atoms with Crippen molar-refractivity contribution in [2.45, 2.75) is 32.2 Å². The Morgan fingerprint density at radius 2 is 2.17 bits per heavy atom. The average molecular weight is 329 g/mol. The predicted molar refractivity (Wildman–Crippen MR) is 91.3 cm³/mol. The highest BCUT2D eigenvalue weighted by molar-refractivity contribution is 5.80. The first-order valence-corrected chi connectivity index (χ1v) is 9.25. The van der Waals surface area contributed by atoms with E-state index in [1.54, 1.807) is 0 Å². The van der Waals surface area contributed by atoms with E-state index in [0.29, 0.717) is 19.1 Å². The number of likely N-dealkylation sites (tertiary alicyclic amines) is 1. The Hall–Kier alpha value is -1.46. The average Bonchev–Trinajstić information content (AvgIpc) is 3.23. The molecule has 1 amide bonds. The van der Waals surface area contributed by atoms with E-state index in [0.717, 1.165) is 45.6 Å². The molecule has 0 unspecified atom stereocenters. The number of pyridine rings is 1. The van der Waals surface area contributed by atoms with Gasteiger partial charge in [0.15, 0.2) is 0 Å². The number of hydrogen-bond acceptors (Lipinski definition) is 4. The lowest BCUT2D eigenvalue weighted by molar-refractivity contribution is -0.143. The van der Waals surface area contributed by atoms with Crippen LogP contribution in [0, 0.1) is 11.3 Å². The van der Waals surface area contributed by atoms with Gasteiger partial charge in [-0.3, -0.25) is 14.7 Å². The van der Waals surface area contributed by atoms with E-state index in [1.807, 2.05) is 23.4 Å². The Morgan fingerprint density at radius 3 is 2.96 bits per heavy atom. The molecule has 2 aliphatic heterocycles. The van der Waals surface area contributed by atoms with Crippen LogP contribution < -0.4 is 0 Å². The fourth-order valence-corrected chi connectivity index (χ4v) is 4.89. The van der Waals surface area contributed by atoms with Crippen molar-refractivity contribution in [1.29, 1.82) is 0 Å². The SMILES string of the molecule is O=C([C@@H]1CCC[C@@]12CCN(Cc1cccnc1)C2)N1CCOCC1. The number of ether oxygens (including phenoxy) is 1. The van der Waals surface area contributed by atoms with Crippen LogP contribution in [0.25, 0.3) is 0 Å². The molecule has 1 spiro atoms. The summed E-state index contributed by atoms with van der Waals surface area (Å²) < 4.78 is 5.40. The lowest BCUT2D eigenvalue weighted by atomic mass is 9.76. The first kappa shape index (κ1) is 16.0. The number of morpholine rings is 1. The summed E-state index contributed by atoms with van der Waals surface area (Å²) in [6.07, 6.45) is 8.41. The molecule has 130 valence electrons. The van der Waals surface area contributed by atoms with Crippen molar-refractivity contribution >= 4 is 5.91 Å². The summed E-state index contributed by atoms with van der Waals surface area (Å²) >= 11 is 0. The van der Waals surface area contributed by atoms with Crippen molar-refractivity contribution in [1.82, 2.24) is 14.8 Å². The van der Waals surface area contributed by atoms with Gasteiger partial charge < -0.3 is 9.64 Å². The summed E-state index contributed by atoms with van der Waals surface area (Å²) in [5.74, 6) is 0.605.